The Kier molecular flexibility index (Phi) is 8.97. The van der Waals surface area contributed by atoms with E-state index in [4.69, 9.17) is 10.5 Å². The third kappa shape index (κ3) is 6.23. The normalized spacial score (nSPS) is 16.0. The number of hydrogen-bond donors (Lipinski definition) is 1. The van der Waals surface area contributed by atoms with E-state index in [2.05, 4.69) is 0 Å². The number of amides is 1. The molecular formula is C18H26ClFN2O2. The first-order valence-electron chi connectivity index (χ1n) is 8.15. The molecule has 0 aromatic heterocycles. The van der Waals surface area contributed by atoms with Crippen molar-refractivity contribution in [2.45, 2.75) is 32.3 Å². The van der Waals surface area contributed by atoms with E-state index >= 15 is 0 Å². The maximum absolute atomic E-state index is 12.9. The summed E-state index contributed by atoms with van der Waals surface area (Å²) in [6, 6.07) is 6.13. The van der Waals surface area contributed by atoms with Crippen LogP contribution in [0.4, 0.5) is 4.39 Å². The molecule has 2 rings (SSSR count). The van der Waals surface area contributed by atoms with Crippen molar-refractivity contribution in [2.24, 2.45) is 5.73 Å². The van der Waals surface area contributed by atoms with Gasteiger partial charge in [0, 0.05) is 25.3 Å². The zero-order valence-corrected chi connectivity index (χ0v) is 14.9. The van der Waals surface area contributed by atoms with Crippen LogP contribution in [0.5, 0.6) is 0 Å². The van der Waals surface area contributed by atoms with Crippen LogP contribution in [0.25, 0.3) is 6.08 Å². The second kappa shape index (κ2) is 10.4. The highest BCUT2D eigenvalue weighted by molar-refractivity contribution is 5.97. The van der Waals surface area contributed by atoms with Crippen LogP contribution in [0.3, 0.4) is 0 Å². The molecule has 2 N–H and O–H groups in total. The predicted molar refractivity (Wildman–Crippen MR) is 96.5 cm³/mol. The number of likely N-dealkylation sites (tertiary alicyclic amines) is 1. The lowest BCUT2D eigenvalue weighted by Crippen LogP contribution is -2.41. The fourth-order valence-electron chi connectivity index (χ4n) is 2.68. The summed E-state index contributed by atoms with van der Waals surface area (Å²) in [5, 5.41) is 0. The molecule has 1 saturated heterocycles. The number of carbonyl (C=O) groups is 1. The van der Waals surface area contributed by atoms with Crippen LogP contribution in [0, 0.1) is 5.82 Å². The molecule has 0 atom stereocenters. The number of hydrogen-bond acceptors (Lipinski definition) is 3. The number of benzene rings is 1. The second-order valence-electron chi connectivity index (χ2n) is 5.88. The zero-order chi connectivity index (χ0) is 16.7. The SMILES string of the molecule is CC(=Cc1ccc(F)cc1)C(=O)N1CCC(OCCCN)CC1.Cl. The van der Waals surface area contributed by atoms with Crippen LogP contribution in [-0.4, -0.2) is 43.2 Å². The number of ether oxygens (including phenoxy) is 1. The Hall–Kier alpha value is -1.43. The van der Waals surface area contributed by atoms with Crippen LogP contribution in [-0.2, 0) is 9.53 Å². The molecule has 1 amide bonds. The van der Waals surface area contributed by atoms with Gasteiger partial charge in [-0.2, -0.15) is 0 Å². The van der Waals surface area contributed by atoms with Gasteiger partial charge in [-0.05, 0) is 56.5 Å². The van der Waals surface area contributed by atoms with Crippen LogP contribution >= 0.6 is 12.4 Å². The van der Waals surface area contributed by atoms with Crippen LogP contribution in [0.2, 0.25) is 0 Å². The Labute approximate surface area is 149 Å². The lowest BCUT2D eigenvalue weighted by Gasteiger charge is -2.32. The van der Waals surface area contributed by atoms with Gasteiger partial charge in [-0.1, -0.05) is 12.1 Å². The smallest absolute Gasteiger partial charge is 0.249 e. The molecule has 4 nitrogen and oxygen atoms in total. The Morgan fingerprint density at radius 3 is 2.54 bits per heavy atom. The molecule has 6 heteroatoms. The average molecular weight is 357 g/mol. The highest BCUT2D eigenvalue weighted by atomic mass is 35.5. The van der Waals surface area contributed by atoms with E-state index in [-0.39, 0.29) is 30.2 Å². The van der Waals surface area contributed by atoms with E-state index in [1.54, 1.807) is 25.1 Å². The molecule has 1 aliphatic rings. The summed E-state index contributed by atoms with van der Waals surface area (Å²) < 4.78 is 18.7. The van der Waals surface area contributed by atoms with E-state index in [9.17, 15) is 9.18 Å². The van der Waals surface area contributed by atoms with Gasteiger partial charge in [0.05, 0.1) is 6.10 Å². The summed E-state index contributed by atoms with van der Waals surface area (Å²) in [5.41, 5.74) is 6.95. The number of piperidine rings is 1. The van der Waals surface area contributed by atoms with Crippen LogP contribution in [0.15, 0.2) is 29.8 Å². The van der Waals surface area contributed by atoms with Crippen molar-refractivity contribution in [3.8, 4) is 0 Å². The van der Waals surface area contributed by atoms with Gasteiger partial charge in [-0.3, -0.25) is 4.79 Å². The van der Waals surface area contributed by atoms with Gasteiger partial charge in [0.2, 0.25) is 5.91 Å². The van der Waals surface area contributed by atoms with E-state index in [1.165, 1.54) is 12.1 Å². The van der Waals surface area contributed by atoms with Gasteiger partial charge in [0.25, 0.3) is 0 Å². The van der Waals surface area contributed by atoms with Crippen LogP contribution in [0.1, 0.15) is 31.7 Å². The van der Waals surface area contributed by atoms with Crippen LogP contribution < -0.4 is 5.73 Å². The maximum Gasteiger partial charge on any atom is 0.249 e. The number of carbonyl (C=O) groups excluding carboxylic acids is 1. The maximum atomic E-state index is 12.9. The number of nitrogens with zero attached hydrogens (tertiary/aromatic N) is 1. The molecule has 134 valence electrons. The van der Waals surface area contributed by atoms with Gasteiger partial charge in [-0.25, -0.2) is 4.39 Å². The van der Waals surface area contributed by atoms with E-state index < -0.39 is 0 Å². The summed E-state index contributed by atoms with van der Waals surface area (Å²) >= 11 is 0. The second-order valence-corrected chi connectivity index (χ2v) is 5.88. The molecule has 0 unspecified atom stereocenters. The molecule has 1 aromatic rings. The van der Waals surface area contributed by atoms with Crippen molar-refractivity contribution in [1.29, 1.82) is 0 Å². The molecule has 0 bridgehead atoms. The predicted octanol–water partition coefficient (Wildman–Crippen LogP) is 3.01. The molecule has 24 heavy (non-hydrogen) atoms. The van der Waals surface area contributed by atoms with Crippen molar-refractivity contribution < 1.29 is 13.9 Å². The number of nitrogens with two attached hydrogens (primary N) is 1. The Morgan fingerprint density at radius 1 is 1.33 bits per heavy atom. The number of halogens is 2. The summed E-state index contributed by atoms with van der Waals surface area (Å²) in [6.45, 7) is 4.56. The minimum absolute atomic E-state index is 0. The fraction of sp³-hybridized carbons (Fsp3) is 0.500. The first-order valence-corrected chi connectivity index (χ1v) is 8.15. The molecule has 0 spiro atoms. The first kappa shape index (κ1) is 20.6. The van der Waals surface area contributed by atoms with Crippen molar-refractivity contribution >= 4 is 24.4 Å². The largest absolute Gasteiger partial charge is 0.378 e. The molecule has 1 aliphatic heterocycles. The van der Waals surface area contributed by atoms with Crippen molar-refractivity contribution in [2.75, 3.05) is 26.2 Å². The van der Waals surface area contributed by atoms with Crippen molar-refractivity contribution in [3.63, 3.8) is 0 Å². The van der Waals surface area contributed by atoms with E-state index in [0.29, 0.717) is 31.8 Å². The molecular weight excluding hydrogens is 331 g/mol. The molecule has 1 aromatic carbocycles. The molecule has 0 aliphatic carbocycles. The lowest BCUT2D eigenvalue weighted by atomic mass is 10.1. The van der Waals surface area contributed by atoms with Gasteiger partial charge in [-0.15, -0.1) is 12.4 Å². The van der Waals surface area contributed by atoms with Crippen molar-refractivity contribution in [3.05, 3.63) is 41.2 Å². The first-order chi connectivity index (χ1) is 11.1. The zero-order valence-electron chi connectivity index (χ0n) is 14.0. The third-order valence-corrected chi connectivity index (χ3v) is 4.02. The fourth-order valence-corrected chi connectivity index (χ4v) is 2.68. The highest BCUT2D eigenvalue weighted by Gasteiger charge is 2.23. The summed E-state index contributed by atoms with van der Waals surface area (Å²) in [5.74, 6) is -0.238. The summed E-state index contributed by atoms with van der Waals surface area (Å²) in [4.78, 5) is 14.3. The standard InChI is InChI=1S/C18H25FN2O2.ClH/c1-14(13-15-3-5-16(19)6-4-15)18(22)21-10-7-17(8-11-21)23-12-2-9-20;/h3-6,13,17H,2,7-12,20H2,1H3;1H. The van der Waals surface area contributed by atoms with Gasteiger partial charge < -0.3 is 15.4 Å². The van der Waals surface area contributed by atoms with Gasteiger partial charge in [0.15, 0.2) is 0 Å². The van der Waals surface area contributed by atoms with Crippen molar-refractivity contribution in [1.82, 2.24) is 4.90 Å². The highest BCUT2D eigenvalue weighted by Crippen LogP contribution is 2.17. The number of rotatable bonds is 6. The Bertz CT molecular complexity index is 540. The summed E-state index contributed by atoms with van der Waals surface area (Å²) in [6.07, 6.45) is 4.62. The van der Waals surface area contributed by atoms with E-state index in [1.807, 2.05) is 4.90 Å². The van der Waals surface area contributed by atoms with E-state index in [0.717, 1.165) is 24.8 Å². The minimum atomic E-state index is -0.275. The quantitative estimate of drug-likeness (QED) is 0.629. The van der Waals surface area contributed by atoms with Gasteiger partial charge >= 0.3 is 0 Å². The van der Waals surface area contributed by atoms with Gasteiger partial charge in [0.1, 0.15) is 5.82 Å². The monoisotopic (exact) mass is 356 g/mol. The Morgan fingerprint density at radius 2 is 1.96 bits per heavy atom. The third-order valence-electron chi connectivity index (χ3n) is 4.02. The average Bonchev–Trinajstić information content (AvgIpc) is 2.57. The molecule has 1 fully saturated rings. The minimum Gasteiger partial charge on any atom is -0.378 e. The molecule has 0 saturated carbocycles. The molecule has 0 radical (unpaired) electrons. The summed E-state index contributed by atoms with van der Waals surface area (Å²) in [7, 11) is 0. The topological polar surface area (TPSA) is 55.6 Å². The lowest BCUT2D eigenvalue weighted by molar-refractivity contribution is -0.129. The molecule has 1 heterocycles. The Balaban J connectivity index is 0.00000288.